The van der Waals surface area contributed by atoms with E-state index in [0.29, 0.717) is 5.56 Å². The Hall–Kier alpha value is -1.01. The van der Waals surface area contributed by atoms with Gasteiger partial charge in [-0.1, -0.05) is 0 Å². The highest BCUT2D eigenvalue weighted by Crippen LogP contribution is 2.26. The Morgan fingerprint density at radius 3 is 2.71 bits per heavy atom. The molecule has 80 valence electrons. The molecule has 1 aromatic heterocycles. The van der Waals surface area contributed by atoms with Gasteiger partial charge < -0.3 is 10.8 Å². The smallest absolute Gasteiger partial charge is 0.282 e. The molecule has 1 heterocycles. The number of rotatable bonds is 4. The molecule has 0 radical (unpaired) electrons. The number of halogens is 2. The molecule has 6 heteroatoms. The summed E-state index contributed by atoms with van der Waals surface area (Å²) in [6.07, 6.45) is -1.17. The molecular formula is C8H13F2N3O. The predicted octanol–water partition coefficient (Wildman–Crippen LogP) is 0.392. The molecule has 0 aliphatic rings. The first-order valence-electron chi connectivity index (χ1n) is 4.22. The number of nitrogens with two attached hydrogens (primary N) is 1. The molecule has 1 unspecified atom stereocenters. The second kappa shape index (κ2) is 4.47. The lowest BCUT2D eigenvalue weighted by Gasteiger charge is -2.10. The molecule has 0 spiro atoms. The molecule has 0 saturated carbocycles. The van der Waals surface area contributed by atoms with Crippen LogP contribution in [0.25, 0.3) is 0 Å². The summed E-state index contributed by atoms with van der Waals surface area (Å²) in [5.74, 6) is -0.465. The Balaban J connectivity index is 3.04. The molecule has 0 aliphatic heterocycles. The average Bonchev–Trinajstić information content (AvgIpc) is 2.50. The Bertz CT molecular complexity index is 297. The first-order chi connectivity index (χ1) is 6.60. The van der Waals surface area contributed by atoms with Crippen LogP contribution in [0.5, 0.6) is 0 Å². The molecule has 0 aliphatic carbocycles. The van der Waals surface area contributed by atoms with Gasteiger partial charge in [0.1, 0.15) is 5.69 Å². The Morgan fingerprint density at radius 2 is 2.29 bits per heavy atom. The van der Waals surface area contributed by atoms with E-state index in [1.165, 1.54) is 10.9 Å². The van der Waals surface area contributed by atoms with E-state index in [1.807, 2.05) is 0 Å². The van der Waals surface area contributed by atoms with Crippen LogP contribution in [0.2, 0.25) is 0 Å². The van der Waals surface area contributed by atoms with Crippen LogP contribution in [0, 0.1) is 0 Å². The number of aromatic nitrogens is 2. The minimum atomic E-state index is -2.63. The highest BCUT2D eigenvalue weighted by molar-refractivity contribution is 5.23. The van der Waals surface area contributed by atoms with Crippen LogP contribution >= 0.6 is 0 Å². The Morgan fingerprint density at radius 1 is 1.64 bits per heavy atom. The van der Waals surface area contributed by atoms with Crippen molar-refractivity contribution in [2.45, 2.75) is 12.3 Å². The van der Waals surface area contributed by atoms with Crippen molar-refractivity contribution in [1.82, 2.24) is 9.78 Å². The van der Waals surface area contributed by atoms with Crippen molar-refractivity contribution in [2.75, 3.05) is 13.2 Å². The lowest BCUT2D eigenvalue weighted by atomic mass is 10.0. The largest absolute Gasteiger partial charge is 0.396 e. The van der Waals surface area contributed by atoms with Gasteiger partial charge in [-0.05, 0) is 0 Å². The van der Waals surface area contributed by atoms with Gasteiger partial charge in [-0.15, -0.1) is 0 Å². The van der Waals surface area contributed by atoms with Crippen molar-refractivity contribution in [3.05, 3.63) is 17.5 Å². The van der Waals surface area contributed by atoms with Crippen LogP contribution in [-0.4, -0.2) is 28.0 Å². The monoisotopic (exact) mass is 205 g/mol. The SMILES string of the molecule is Cn1cc(C(CN)CO)c(C(F)F)n1. The highest BCUT2D eigenvalue weighted by Gasteiger charge is 2.22. The summed E-state index contributed by atoms with van der Waals surface area (Å²) in [4.78, 5) is 0. The van der Waals surface area contributed by atoms with Crippen molar-refractivity contribution in [2.24, 2.45) is 12.8 Å². The fourth-order valence-corrected chi connectivity index (χ4v) is 1.31. The van der Waals surface area contributed by atoms with Crippen LogP contribution in [0.4, 0.5) is 8.78 Å². The van der Waals surface area contributed by atoms with E-state index >= 15 is 0 Å². The zero-order chi connectivity index (χ0) is 10.7. The Kier molecular flexibility index (Phi) is 3.54. The van der Waals surface area contributed by atoms with Gasteiger partial charge in [0.15, 0.2) is 0 Å². The van der Waals surface area contributed by atoms with E-state index in [4.69, 9.17) is 10.8 Å². The topological polar surface area (TPSA) is 64.1 Å². The molecule has 0 fully saturated rings. The fraction of sp³-hybridized carbons (Fsp3) is 0.625. The molecule has 0 saturated heterocycles. The standard InChI is InChI=1S/C8H13F2N3O/c1-13-3-6(5(2-11)4-14)7(12-13)8(9)10/h3,5,8,14H,2,4,11H2,1H3. The summed E-state index contributed by atoms with van der Waals surface area (Å²) in [6, 6.07) is 0. The number of aryl methyl sites for hydroxylation is 1. The number of hydrogen-bond donors (Lipinski definition) is 2. The first-order valence-corrected chi connectivity index (χ1v) is 4.22. The zero-order valence-electron chi connectivity index (χ0n) is 7.82. The third-order valence-electron chi connectivity index (χ3n) is 2.04. The van der Waals surface area contributed by atoms with Crippen LogP contribution in [-0.2, 0) is 7.05 Å². The Labute approximate surface area is 80.3 Å². The highest BCUT2D eigenvalue weighted by atomic mass is 19.3. The quantitative estimate of drug-likeness (QED) is 0.747. The molecule has 0 amide bonds. The van der Waals surface area contributed by atoms with Crippen molar-refractivity contribution < 1.29 is 13.9 Å². The van der Waals surface area contributed by atoms with Gasteiger partial charge in [0.05, 0.1) is 6.61 Å². The summed E-state index contributed by atoms with van der Waals surface area (Å²) in [6.45, 7) is -0.121. The van der Waals surface area contributed by atoms with Crippen molar-refractivity contribution >= 4 is 0 Å². The minimum absolute atomic E-state index is 0.127. The fourth-order valence-electron chi connectivity index (χ4n) is 1.31. The van der Waals surface area contributed by atoms with Crippen LogP contribution in [0.1, 0.15) is 23.6 Å². The zero-order valence-corrected chi connectivity index (χ0v) is 7.82. The second-order valence-corrected chi connectivity index (χ2v) is 3.06. The van der Waals surface area contributed by atoms with Gasteiger partial charge in [0.2, 0.25) is 0 Å². The van der Waals surface area contributed by atoms with E-state index in [-0.39, 0.29) is 18.8 Å². The van der Waals surface area contributed by atoms with Gasteiger partial charge in [0, 0.05) is 31.3 Å². The van der Waals surface area contributed by atoms with Gasteiger partial charge in [-0.3, -0.25) is 4.68 Å². The van der Waals surface area contributed by atoms with E-state index in [1.54, 1.807) is 7.05 Å². The van der Waals surface area contributed by atoms with E-state index in [2.05, 4.69) is 5.10 Å². The normalized spacial score (nSPS) is 13.6. The van der Waals surface area contributed by atoms with E-state index < -0.39 is 12.3 Å². The number of aliphatic hydroxyl groups is 1. The molecule has 0 bridgehead atoms. The maximum Gasteiger partial charge on any atom is 0.282 e. The first kappa shape index (κ1) is 11.1. The predicted molar refractivity (Wildman–Crippen MR) is 47.0 cm³/mol. The second-order valence-electron chi connectivity index (χ2n) is 3.06. The number of aliphatic hydroxyl groups excluding tert-OH is 1. The molecule has 1 atom stereocenters. The van der Waals surface area contributed by atoms with Crippen LogP contribution in [0.3, 0.4) is 0 Å². The van der Waals surface area contributed by atoms with E-state index in [0.717, 1.165) is 0 Å². The summed E-state index contributed by atoms with van der Waals surface area (Å²) < 4.78 is 26.3. The van der Waals surface area contributed by atoms with Crippen molar-refractivity contribution in [3.8, 4) is 0 Å². The van der Waals surface area contributed by atoms with E-state index in [9.17, 15) is 8.78 Å². The van der Waals surface area contributed by atoms with Crippen LogP contribution < -0.4 is 5.73 Å². The molecule has 14 heavy (non-hydrogen) atoms. The third-order valence-corrected chi connectivity index (χ3v) is 2.04. The lowest BCUT2D eigenvalue weighted by Crippen LogP contribution is -2.17. The maximum atomic E-state index is 12.5. The summed E-state index contributed by atoms with van der Waals surface area (Å²) >= 11 is 0. The number of alkyl halides is 2. The summed E-state index contributed by atoms with van der Waals surface area (Å²) in [5, 5.41) is 12.6. The minimum Gasteiger partial charge on any atom is -0.396 e. The van der Waals surface area contributed by atoms with Crippen LogP contribution in [0.15, 0.2) is 6.20 Å². The molecular weight excluding hydrogens is 192 g/mol. The number of hydrogen-bond acceptors (Lipinski definition) is 3. The lowest BCUT2D eigenvalue weighted by molar-refractivity contribution is 0.142. The average molecular weight is 205 g/mol. The van der Waals surface area contributed by atoms with Gasteiger partial charge in [-0.25, -0.2) is 8.78 Å². The van der Waals surface area contributed by atoms with Crippen molar-refractivity contribution in [3.63, 3.8) is 0 Å². The van der Waals surface area contributed by atoms with Gasteiger partial charge in [-0.2, -0.15) is 5.10 Å². The summed E-state index contributed by atoms with van der Waals surface area (Å²) in [5.41, 5.74) is 5.38. The molecule has 0 aromatic carbocycles. The molecule has 4 nitrogen and oxygen atoms in total. The van der Waals surface area contributed by atoms with Gasteiger partial charge >= 0.3 is 0 Å². The van der Waals surface area contributed by atoms with Gasteiger partial charge in [0.25, 0.3) is 6.43 Å². The third kappa shape index (κ3) is 2.08. The molecule has 1 rings (SSSR count). The van der Waals surface area contributed by atoms with Crippen molar-refractivity contribution in [1.29, 1.82) is 0 Å². The summed E-state index contributed by atoms with van der Waals surface area (Å²) in [7, 11) is 1.56. The molecule has 1 aromatic rings. The number of nitrogens with zero attached hydrogens (tertiary/aromatic N) is 2. The maximum absolute atomic E-state index is 12.5. The molecule has 3 N–H and O–H groups in total.